The molecule has 9 nitrogen and oxygen atoms in total. The average Bonchev–Trinajstić information content (AvgIpc) is 2.81. The number of ether oxygens (including phenoxy) is 2. The van der Waals surface area contributed by atoms with E-state index in [0.717, 1.165) is 0 Å². The van der Waals surface area contributed by atoms with E-state index in [-0.39, 0.29) is 17.2 Å². The van der Waals surface area contributed by atoms with E-state index in [1.165, 1.54) is 43.5 Å². The lowest BCUT2D eigenvalue weighted by Gasteiger charge is -2.13. The van der Waals surface area contributed by atoms with Crippen LogP contribution >= 0.6 is 27.5 Å². The number of hydrogen-bond acceptors (Lipinski definition) is 7. The Hall–Kier alpha value is -3.76. The van der Waals surface area contributed by atoms with Crippen molar-refractivity contribution in [3.8, 4) is 11.5 Å². The molecule has 174 valence electrons. The van der Waals surface area contributed by atoms with Crippen molar-refractivity contribution >= 4 is 51.3 Å². The standard InChI is InChI=1S/C23H17BrClN3O6/c1-14(33-21-5-3-2-4-19(21)28(31)32)22(29)27-26-13-16-12-17(24)8-11-20(16)34-23(30)15-6-9-18(25)10-7-15/h2-14H,1H3,(H,27,29)/b26-13+. The van der Waals surface area contributed by atoms with E-state index in [4.69, 9.17) is 21.1 Å². The Bertz CT molecular complexity index is 1250. The predicted octanol–water partition coefficient (Wildman–Crippen LogP) is 5.15. The lowest BCUT2D eigenvalue weighted by Crippen LogP contribution is -2.33. The molecule has 0 radical (unpaired) electrons. The molecule has 1 N–H and O–H groups in total. The topological polar surface area (TPSA) is 120 Å². The van der Waals surface area contributed by atoms with Gasteiger partial charge in [0.05, 0.1) is 16.7 Å². The van der Waals surface area contributed by atoms with Crippen LogP contribution in [0.15, 0.2) is 76.3 Å². The number of rotatable bonds is 8. The average molecular weight is 547 g/mol. The van der Waals surface area contributed by atoms with Gasteiger partial charge in [0.15, 0.2) is 11.9 Å². The third-order valence-electron chi connectivity index (χ3n) is 4.37. The van der Waals surface area contributed by atoms with Crippen molar-refractivity contribution in [3.63, 3.8) is 0 Å². The van der Waals surface area contributed by atoms with Crippen molar-refractivity contribution in [2.75, 3.05) is 0 Å². The lowest BCUT2D eigenvalue weighted by molar-refractivity contribution is -0.386. The van der Waals surface area contributed by atoms with Crippen LogP contribution in [0.1, 0.15) is 22.8 Å². The van der Waals surface area contributed by atoms with Gasteiger partial charge in [0.2, 0.25) is 0 Å². The van der Waals surface area contributed by atoms with Crippen LogP contribution in [-0.4, -0.2) is 29.1 Å². The molecule has 0 aliphatic carbocycles. The number of para-hydroxylation sites is 2. The van der Waals surface area contributed by atoms with Crippen LogP contribution in [0.4, 0.5) is 5.69 Å². The van der Waals surface area contributed by atoms with Gasteiger partial charge in [-0.05, 0) is 55.5 Å². The minimum Gasteiger partial charge on any atom is -0.474 e. The second-order valence-corrected chi connectivity index (χ2v) is 8.15. The number of hydrogen-bond donors (Lipinski definition) is 1. The molecule has 0 bridgehead atoms. The number of carbonyl (C=O) groups is 2. The highest BCUT2D eigenvalue weighted by Gasteiger charge is 2.20. The van der Waals surface area contributed by atoms with Crippen molar-refractivity contribution in [2.45, 2.75) is 13.0 Å². The first-order chi connectivity index (χ1) is 16.2. The van der Waals surface area contributed by atoms with Crippen LogP contribution < -0.4 is 14.9 Å². The van der Waals surface area contributed by atoms with E-state index < -0.39 is 22.9 Å². The Morgan fingerprint density at radius 2 is 1.82 bits per heavy atom. The zero-order valence-corrected chi connectivity index (χ0v) is 19.9. The van der Waals surface area contributed by atoms with Crippen LogP contribution in [0, 0.1) is 10.1 Å². The number of nitrogens with one attached hydrogen (secondary N) is 1. The van der Waals surface area contributed by atoms with Gasteiger partial charge in [0, 0.05) is 21.1 Å². The third kappa shape index (κ3) is 6.63. The molecule has 3 aromatic rings. The van der Waals surface area contributed by atoms with Crippen molar-refractivity contribution in [1.29, 1.82) is 0 Å². The van der Waals surface area contributed by atoms with E-state index in [2.05, 4.69) is 26.5 Å². The number of amides is 1. The molecule has 1 amide bonds. The molecule has 1 unspecified atom stereocenters. The smallest absolute Gasteiger partial charge is 0.343 e. The van der Waals surface area contributed by atoms with Gasteiger partial charge < -0.3 is 9.47 Å². The van der Waals surface area contributed by atoms with Gasteiger partial charge in [-0.2, -0.15) is 5.10 Å². The summed E-state index contributed by atoms with van der Waals surface area (Å²) in [4.78, 5) is 35.3. The summed E-state index contributed by atoms with van der Waals surface area (Å²) in [6.45, 7) is 1.43. The highest BCUT2D eigenvalue weighted by atomic mass is 79.9. The Labute approximate surface area is 207 Å². The molecular formula is C23H17BrClN3O6. The van der Waals surface area contributed by atoms with Crippen molar-refractivity contribution in [3.05, 3.63) is 97.5 Å². The molecular weight excluding hydrogens is 530 g/mol. The van der Waals surface area contributed by atoms with Gasteiger partial charge in [0.1, 0.15) is 5.75 Å². The van der Waals surface area contributed by atoms with E-state index in [1.807, 2.05) is 0 Å². The first-order valence-electron chi connectivity index (χ1n) is 9.75. The first kappa shape index (κ1) is 24.9. The van der Waals surface area contributed by atoms with Gasteiger partial charge >= 0.3 is 11.7 Å². The Morgan fingerprint density at radius 1 is 1.12 bits per heavy atom. The van der Waals surface area contributed by atoms with Crippen LogP contribution in [0.2, 0.25) is 5.02 Å². The molecule has 34 heavy (non-hydrogen) atoms. The fourth-order valence-electron chi connectivity index (χ4n) is 2.67. The molecule has 0 aromatic heterocycles. The minimum atomic E-state index is -1.07. The van der Waals surface area contributed by atoms with Crippen LogP contribution in [0.5, 0.6) is 11.5 Å². The number of halogens is 2. The number of esters is 1. The monoisotopic (exact) mass is 545 g/mol. The Balaban J connectivity index is 1.67. The van der Waals surface area contributed by atoms with Gasteiger partial charge in [0.25, 0.3) is 5.91 Å². The van der Waals surface area contributed by atoms with E-state index in [9.17, 15) is 19.7 Å². The summed E-state index contributed by atoms with van der Waals surface area (Å²) in [6, 6.07) is 16.9. The second kappa shape index (κ2) is 11.4. The van der Waals surface area contributed by atoms with Crippen molar-refractivity contribution in [2.24, 2.45) is 5.10 Å². The van der Waals surface area contributed by atoms with Crippen LogP contribution in [0.3, 0.4) is 0 Å². The van der Waals surface area contributed by atoms with Crippen LogP contribution in [0.25, 0.3) is 0 Å². The summed E-state index contributed by atoms with van der Waals surface area (Å²) in [7, 11) is 0. The number of nitro benzene ring substituents is 1. The molecule has 0 aliphatic rings. The molecule has 0 saturated heterocycles. The quantitative estimate of drug-likeness (QED) is 0.137. The lowest BCUT2D eigenvalue weighted by atomic mass is 10.2. The summed E-state index contributed by atoms with van der Waals surface area (Å²) >= 11 is 9.18. The minimum absolute atomic E-state index is 0.0393. The molecule has 1 atom stereocenters. The van der Waals surface area contributed by atoms with Gasteiger partial charge in [-0.3, -0.25) is 14.9 Å². The first-order valence-corrected chi connectivity index (χ1v) is 10.9. The fourth-order valence-corrected chi connectivity index (χ4v) is 3.17. The third-order valence-corrected chi connectivity index (χ3v) is 5.11. The van der Waals surface area contributed by atoms with Gasteiger partial charge in [-0.1, -0.05) is 39.7 Å². The SMILES string of the molecule is CC(Oc1ccccc1[N+](=O)[O-])C(=O)N/N=C/c1cc(Br)ccc1OC(=O)c1ccc(Cl)cc1. The number of benzene rings is 3. The fraction of sp³-hybridized carbons (Fsp3) is 0.0870. The van der Waals surface area contributed by atoms with E-state index in [1.54, 1.807) is 36.4 Å². The normalized spacial score (nSPS) is 11.6. The Morgan fingerprint density at radius 3 is 2.53 bits per heavy atom. The molecule has 0 aliphatic heterocycles. The van der Waals surface area contributed by atoms with Gasteiger partial charge in [-0.15, -0.1) is 0 Å². The number of nitro groups is 1. The molecule has 3 rings (SSSR count). The molecule has 0 heterocycles. The molecule has 0 spiro atoms. The highest BCUT2D eigenvalue weighted by Crippen LogP contribution is 2.27. The zero-order chi connectivity index (χ0) is 24.7. The summed E-state index contributed by atoms with van der Waals surface area (Å²) in [5.41, 5.74) is 2.76. The van der Waals surface area contributed by atoms with E-state index in [0.29, 0.717) is 20.6 Å². The number of hydrazone groups is 1. The predicted molar refractivity (Wildman–Crippen MR) is 129 cm³/mol. The van der Waals surface area contributed by atoms with Crippen molar-refractivity contribution in [1.82, 2.24) is 5.43 Å². The number of carbonyl (C=O) groups excluding carboxylic acids is 2. The maximum Gasteiger partial charge on any atom is 0.343 e. The largest absolute Gasteiger partial charge is 0.474 e. The summed E-state index contributed by atoms with van der Waals surface area (Å²) < 4.78 is 11.6. The zero-order valence-electron chi connectivity index (χ0n) is 17.6. The molecule has 0 saturated carbocycles. The maximum absolute atomic E-state index is 12.4. The Kier molecular flexibility index (Phi) is 8.34. The van der Waals surface area contributed by atoms with Gasteiger partial charge in [-0.25, -0.2) is 10.2 Å². The molecule has 11 heteroatoms. The number of nitrogens with zero attached hydrogens (tertiary/aromatic N) is 2. The molecule has 0 fully saturated rings. The van der Waals surface area contributed by atoms with Crippen LogP contribution in [-0.2, 0) is 4.79 Å². The highest BCUT2D eigenvalue weighted by molar-refractivity contribution is 9.10. The summed E-state index contributed by atoms with van der Waals surface area (Å²) in [6.07, 6.45) is 0.230. The summed E-state index contributed by atoms with van der Waals surface area (Å²) in [5.74, 6) is -1.05. The maximum atomic E-state index is 12.4. The van der Waals surface area contributed by atoms with Crippen molar-refractivity contribution < 1.29 is 24.0 Å². The second-order valence-electron chi connectivity index (χ2n) is 6.80. The summed E-state index contributed by atoms with van der Waals surface area (Å²) in [5, 5.41) is 15.5. The van der Waals surface area contributed by atoms with E-state index >= 15 is 0 Å². The molecule has 3 aromatic carbocycles.